The Kier molecular flexibility index (Phi) is 4.03. The average Bonchev–Trinajstić information content (AvgIpc) is 2.37. The van der Waals surface area contributed by atoms with Crippen molar-refractivity contribution >= 4 is 16.6 Å². The Morgan fingerprint density at radius 1 is 1.20 bits per heavy atom. The number of benzene rings is 1. The van der Waals surface area contributed by atoms with Gasteiger partial charge < -0.3 is 5.32 Å². The fourth-order valence-electron chi connectivity index (χ4n) is 2.46. The fourth-order valence-corrected chi connectivity index (χ4v) is 2.46. The summed E-state index contributed by atoms with van der Waals surface area (Å²) in [6.07, 6.45) is 0. The largest absolute Gasteiger partial charge is 0.385 e. The number of anilines is 1. The number of nitrogens with one attached hydrogen (secondary N) is 1. The first-order valence-electron chi connectivity index (χ1n) is 7.52. The Balaban J connectivity index is 2.79. The number of hydrogen-bond donors (Lipinski definition) is 1. The average molecular weight is 270 g/mol. The topological polar surface area (TPSA) is 24.9 Å². The van der Waals surface area contributed by atoms with E-state index in [0.717, 1.165) is 17.8 Å². The molecule has 2 nitrogen and oxygen atoms in total. The molecule has 0 aliphatic heterocycles. The molecule has 0 unspecified atom stereocenters. The van der Waals surface area contributed by atoms with E-state index in [9.17, 15) is 0 Å². The number of aromatic nitrogens is 1. The highest BCUT2D eigenvalue weighted by Gasteiger charge is 2.19. The summed E-state index contributed by atoms with van der Waals surface area (Å²) in [6, 6.07) is 8.70. The predicted molar refractivity (Wildman–Crippen MR) is 88.7 cm³/mol. The second kappa shape index (κ2) is 5.43. The molecule has 108 valence electrons. The highest BCUT2D eigenvalue weighted by atomic mass is 14.9. The number of fused-ring (bicyclic) bond motifs is 1. The molecule has 2 heteroatoms. The van der Waals surface area contributed by atoms with Gasteiger partial charge in [0.05, 0.1) is 5.52 Å². The van der Waals surface area contributed by atoms with E-state index in [0.29, 0.717) is 5.92 Å². The molecule has 2 aromatic rings. The molecule has 20 heavy (non-hydrogen) atoms. The molecular formula is C18H26N2. The summed E-state index contributed by atoms with van der Waals surface area (Å²) < 4.78 is 0. The van der Waals surface area contributed by atoms with Crippen molar-refractivity contribution in [1.82, 2.24) is 4.98 Å². The number of rotatable bonds is 3. The standard InChI is InChI=1S/C18H26N2/c1-7-19-15-11-16(18(4,5)6)20-17-13(12(2)3)9-8-10-14(15)17/h8-12H,7H2,1-6H3,(H,19,20). The number of para-hydroxylation sites is 1. The molecule has 0 saturated heterocycles. The van der Waals surface area contributed by atoms with E-state index in [1.165, 1.54) is 16.6 Å². The minimum absolute atomic E-state index is 0.0580. The Labute approximate surface area is 122 Å². The number of hydrogen-bond acceptors (Lipinski definition) is 2. The van der Waals surface area contributed by atoms with Gasteiger partial charge in [-0.3, -0.25) is 4.98 Å². The molecule has 1 aromatic carbocycles. The van der Waals surface area contributed by atoms with Gasteiger partial charge in [0.25, 0.3) is 0 Å². The zero-order valence-electron chi connectivity index (χ0n) is 13.5. The van der Waals surface area contributed by atoms with Crippen molar-refractivity contribution < 1.29 is 0 Å². The third kappa shape index (κ3) is 2.79. The van der Waals surface area contributed by atoms with Crippen LogP contribution in [0.25, 0.3) is 10.9 Å². The predicted octanol–water partition coefficient (Wildman–Crippen LogP) is 5.09. The van der Waals surface area contributed by atoms with Crippen molar-refractivity contribution in [3.63, 3.8) is 0 Å². The van der Waals surface area contributed by atoms with Gasteiger partial charge in [0.15, 0.2) is 0 Å². The van der Waals surface area contributed by atoms with Crippen LogP contribution in [0.3, 0.4) is 0 Å². The minimum atomic E-state index is 0.0580. The lowest BCUT2D eigenvalue weighted by atomic mass is 9.89. The molecule has 1 aromatic heterocycles. The van der Waals surface area contributed by atoms with Crippen LogP contribution in [0.4, 0.5) is 5.69 Å². The summed E-state index contributed by atoms with van der Waals surface area (Å²) in [5.74, 6) is 0.482. The Morgan fingerprint density at radius 2 is 1.90 bits per heavy atom. The maximum absolute atomic E-state index is 4.97. The lowest BCUT2D eigenvalue weighted by Gasteiger charge is -2.22. The summed E-state index contributed by atoms with van der Waals surface area (Å²) in [4.78, 5) is 4.97. The van der Waals surface area contributed by atoms with Crippen LogP contribution in [0.1, 0.15) is 58.7 Å². The van der Waals surface area contributed by atoms with Gasteiger partial charge in [-0.05, 0) is 24.5 Å². The molecule has 0 radical (unpaired) electrons. The molecule has 1 heterocycles. The van der Waals surface area contributed by atoms with Crippen LogP contribution < -0.4 is 5.32 Å². The summed E-state index contributed by atoms with van der Waals surface area (Å²) in [7, 11) is 0. The van der Waals surface area contributed by atoms with Crippen LogP contribution in [0.5, 0.6) is 0 Å². The molecule has 2 rings (SSSR count). The Bertz CT molecular complexity index is 607. The first-order valence-corrected chi connectivity index (χ1v) is 7.52. The van der Waals surface area contributed by atoms with E-state index in [2.05, 4.69) is 71.1 Å². The zero-order chi connectivity index (χ0) is 14.9. The molecule has 0 amide bonds. The SMILES string of the molecule is CCNc1cc(C(C)(C)C)nc2c(C(C)C)cccc12. The number of pyridine rings is 1. The maximum atomic E-state index is 4.97. The first-order chi connectivity index (χ1) is 9.34. The maximum Gasteiger partial charge on any atom is 0.0760 e. The number of nitrogens with zero attached hydrogens (tertiary/aromatic N) is 1. The smallest absolute Gasteiger partial charge is 0.0760 e. The quantitative estimate of drug-likeness (QED) is 0.840. The normalized spacial score (nSPS) is 12.2. The van der Waals surface area contributed by atoms with Crippen LogP contribution in [-0.2, 0) is 5.41 Å². The minimum Gasteiger partial charge on any atom is -0.385 e. The summed E-state index contributed by atoms with van der Waals surface area (Å²) >= 11 is 0. The third-order valence-electron chi connectivity index (χ3n) is 3.63. The molecule has 0 spiro atoms. The van der Waals surface area contributed by atoms with Crippen molar-refractivity contribution in [2.45, 2.75) is 52.9 Å². The summed E-state index contributed by atoms with van der Waals surface area (Å²) in [5, 5.41) is 4.72. The first kappa shape index (κ1) is 14.8. The summed E-state index contributed by atoms with van der Waals surface area (Å²) in [5.41, 5.74) is 4.88. The fraction of sp³-hybridized carbons (Fsp3) is 0.500. The van der Waals surface area contributed by atoms with E-state index in [1.807, 2.05) is 0 Å². The monoisotopic (exact) mass is 270 g/mol. The summed E-state index contributed by atoms with van der Waals surface area (Å²) in [6.45, 7) is 14.2. The highest BCUT2D eigenvalue weighted by molar-refractivity contribution is 5.93. The van der Waals surface area contributed by atoms with Gasteiger partial charge >= 0.3 is 0 Å². The van der Waals surface area contributed by atoms with Crippen LogP contribution in [0, 0.1) is 0 Å². The van der Waals surface area contributed by atoms with Crippen molar-refractivity contribution in [2.75, 3.05) is 11.9 Å². The molecule has 0 atom stereocenters. The van der Waals surface area contributed by atoms with Crippen molar-refractivity contribution in [3.8, 4) is 0 Å². The molecule has 0 fully saturated rings. The Morgan fingerprint density at radius 3 is 2.45 bits per heavy atom. The van der Waals surface area contributed by atoms with Gasteiger partial charge in [0.2, 0.25) is 0 Å². The molecule has 1 N–H and O–H groups in total. The lowest BCUT2D eigenvalue weighted by molar-refractivity contribution is 0.571. The van der Waals surface area contributed by atoms with E-state index in [-0.39, 0.29) is 5.41 Å². The highest BCUT2D eigenvalue weighted by Crippen LogP contribution is 2.32. The van der Waals surface area contributed by atoms with Gasteiger partial charge in [0, 0.05) is 28.7 Å². The molecule has 0 saturated carbocycles. The molecule has 0 bridgehead atoms. The van der Waals surface area contributed by atoms with Crippen molar-refractivity contribution in [2.24, 2.45) is 0 Å². The van der Waals surface area contributed by atoms with Gasteiger partial charge in [0.1, 0.15) is 0 Å². The van der Waals surface area contributed by atoms with E-state index in [1.54, 1.807) is 0 Å². The molecular weight excluding hydrogens is 244 g/mol. The van der Waals surface area contributed by atoms with E-state index in [4.69, 9.17) is 4.98 Å². The lowest BCUT2D eigenvalue weighted by Crippen LogP contribution is -2.15. The molecule has 0 aliphatic rings. The second-order valence-corrected chi connectivity index (χ2v) is 6.73. The van der Waals surface area contributed by atoms with E-state index < -0.39 is 0 Å². The van der Waals surface area contributed by atoms with Crippen LogP contribution in [0.15, 0.2) is 24.3 Å². The third-order valence-corrected chi connectivity index (χ3v) is 3.63. The van der Waals surface area contributed by atoms with Crippen molar-refractivity contribution in [1.29, 1.82) is 0 Å². The zero-order valence-corrected chi connectivity index (χ0v) is 13.5. The van der Waals surface area contributed by atoms with Gasteiger partial charge in [-0.2, -0.15) is 0 Å². The second-order valence-electron chi connectivity index (χ2n) is 6.73. The van der Waals surface area contributed by atoms with Gasteiger partial charge in [-0.25, -0.2) is 0 Å². The van der Waals surface area contributed by atoms with Gasteiger partial charge in [-0.15, -0.1) is 0 Å². The van der Waals surface area contributed by atoms with Crippen LogP contribution in [-0.4, -0.2) is 11.5 Å². The Hall–Kier alpha value is -1.57. The van der Waals surface area contributed by atoms with E-state index >= 15 is 0 Å². The van der Waals surface area contributed by atoms with Crippen molar-refractivity contribution in [3.05, 3.63) is 35.5 Å². The van der Waals surface area contributed by atoms with Crippen LogP contribution >= 0.6 is 0 Å². The molecule has 0 aliphatic carbocycles. The van der Waals surface area contributed by atoms with Crippen LogP contribution in [0.2, 0.25) is 0 Å². The van der Waals surface area contributed by atoms with Gasteiger partial charge in [-0.1, -0.05) is 52.8 Å².